The van der Waals surface area contributed by atoms with Gasteiger partial charge in [0.05, 0.1) is 22.8 Å². The molecule has 13 heteroatoms. The van der Waals surface area contributed by atoms with Gasteiger partial charge in [-0.15, -0.1) is 12.6 Å². The average molecular weight is 630 g/mol. The zero-order valence-corrected chi connectivity index (χ0v) is 24.2. The van der Waals surface area contributed by atoms with E-state index in [0.717, 1.165) is 0 Å². The fourth-order valence-electron chi connectivity index (χ4n) is 2.94. The molecular formula is C30H28ClNO10S. The van der Waals surface area contributed by atoms with Crippen molar-refractivity contribution in [3.8, 4) is 11.5 Å². The monoisotopic (exact) mass is 629 g/mol. The number of hydrogen-bond acceptors (Lipinski definition) is 8. The first-order chi connectivity index (χ1) is 20.3. The topological polar surface area (TPSA) is 205 Å². The fraction of sp³-hybridized carbons (Fsp3) is 0.0667. The van der Waals surface area contributed by atoms with Crippen LogP contribution in [0.15, 0.2) is 95.9 Å². The minimum atomic E-state index is -1.19. The van der Waals surface area contributed by atoms with Crippen molar-refractivity contribution in [2.24, 2.45) is 0 Å². The first kappa shape index (κ1) is 35.8. The number of rotatable bonds is 6. The Balaban J connectivity index is 0.000000287. The van der Waals surface area contributed by atoms with Gasteiger partial charge in [-0.3, -0.25) is 0 Å². The molecule has 0 radical (unpaired) electrons. The van der Waals surface area contributed by atoms with Crippen LogP contribution in [0.1, 0.15) is 48.4 Å². The van der Waals surface area contributed by atoms with Gasteiger partial charge in [-0.1, -0.05) is 48.0 Å². The molecule has 0 unspecified atom stereocenters. The molecule has 0 saturated carbocycles. The fourth-order valence-corrected chi connectivity index (χ4v) is 3.41. The summed E-state index contributed by atoms with van der Waals surface area (Å²) in [6, 6.07) is 23.4. The summed E-state index contributed by atoms with van der Waals surface area (Å²) in [5.41, 5.74) is 6.03. The maximum atomic E-state index is 10.6. The lowest BCUT2D eigenvalue weighted by Crippen LogP contribution is -2.01. The van der Waals surface area contributed by atoms with Gasteiger partial charge < -0.3 is 36.0 Å². The molecule has 0 aliphatic rings. The van der Waals surface area contributed by atoms with E-state index in [1.54, 1.807) is 54.6 Å². The number of thiol groups is 1. The molecule has 0 aromatic heterocycles. The highest BCUT2D eigenvalue weighted by atomic mass is 35.5. The second kappa shape index (κ2) is 18.3. The lowest BCUT2D eigenvalue weighted by molar-refractivity contribution is 0.0681. The Hall–Kier alpha value is -5.20. The average Bonchev–Trinajstić information content (AvgIpc) is 2.96. The van der Waals surface area contributed by atoms with Gasteiger partial charge in [-0.05, 0) is 61.5 Å². The Labute approximate surface area is 256 Å². The van der Waals surface area contributed by atoms with Crippen LogP contribution >= 0.6 is 24.2 Å². The molecule has 0 heterocycles. The summed E-state index contributed by atoms with van der Waals surface area (Å²) >= 11 is 9.49. The van der Waals surface area contributed by atoms with E-state index in [0.29, 0.717) is 22.9 Å². The number of ether oxygens (including phenoxy) is 1. The van der Waals surface area contributed by atoms with E-state index < -0.39 is 23.9 Å². The van der Waals surface area contributed by atoms with Crippen LogP contribution in [-0.2, 0) is 0 Å². The number of anilines is 1. The highest BCUT2D eigenvalue weighted by Crippen LogP contribution is 2.19. The van der Waals surface area contributed by atoms with Crippen molar-refractivity contribution in [2.45, 2.75) is 11.8 Å². The van der Waals surface area contributed by atoms with Crippen LogP contribution in [0.2, 0.25) is 5.02 Å². The molecule has 0 amide bonds. The Morgan fingerprint density at radius 1 is 0.698 bits per heavy atom. The standard InChI is InChI=1S/C9H10O3.C7H5ClO2.C7H7NO3.C7H6O2S/c1-2-12-8-6-4-3-5-7(8)9(10)11;8-6-4-2-1-3-5(6)7(9)10;8-4-1-2-6(9)5(3-4)7(10)11;8-7(9)5-3-1-2-4-6(5)10/h3-6H,2H2,1H3,(H,10,11);1-4H,(H,9,10);1-3,9H,8H2,(H,10,11);1-4,10H,(H,8,9). The van der Waals surface area contributed by atoms with E-state index in [-0.39, 0.29) is 33.0 Å². The van der Waals surface area contributed by atoms with Crippen LogP contribution in [0.5, 0.6) is 11.5 Å². The van der Waals surface area contributed by atoms with Gasteiger partial charge in [0.25, 0.3) is 0 Å². The highest BCUT2D eigenvalue weighted by molar-refractivity contribution is 7.80. The number of para-hydroxylation sites is 1. The van der Waals surface area contributed by atoms with E-state index in [1.807, 2.05) is 6.92 Å². The Morgan fingerprint density at radius 3 is 1.58 bits per heavy atom. The normalized spacial score (nSPS) is 9.37. The molecule has 0 spiro atoms. The largest absolute Gasteiger partial charge is 0.507 e. The summed E-state index contributed by atoms with van der Waals surface area (Å²) in [5.74, 6) is -3.93. The molecule has 4 aromatic rings. The van der Waals surface area contributed by atoms with Gasteiger partial charge in [0, 0.05) is 10.6 Å². The maximum absolute atomic E-state index is 10.6. The Morgan fingerprint density at radius 2 is 1.16 bits per heavy atom. The number of nitrogens with two attached hydrogens (primary N) is 1. The molecule has 226 valence electrons. The van der Waals surface area contributed by atoms with E-state index in [4.69, 9.17) is 47.6 Å². The maximum Gasteiger partial charge on any atom is 0.339 e. The number of phenols is 1. The van der Waals surface area contributed by atoms with E-state index >= 15 is 0 Å². The minimum absolute atomic E-state index is 0.143. The van der Waals surface area contributed by atoms with Crippen LogP contribution in [0.25, 0.3) is 0 Å². The second-order valence-electron chi connectivity index (χ2n) is 7.92. The molecule has 11 nitrogen and oxygen atoms in total. The van der Waals surface area contributed by atoms with Crippen LogP contribution in [0.3, 0.4) is 0 Å². The van der Waals surface area contributed by atoms with Crippen molar-refractivity contribution >= 4 is 53.8 Å². The number of halogens is 1. The lowest BCUT2D eigenvalue weighted by Gasteiger charge is -2.05. The molecule has 0 fully saturated rings. The number of carboxylic acids is 4. The first-order valence-electron chi connectivity index (χ1n) is 12.1. The zero-order valence-electron chi connectivity index (χ0n) is 22.5. The van der Waals surface area contributed by atoms with E-state index in [2.05, 4.69) is 12.6 Å². The van der Waals surface area contributed by atoms with E-state index in [1.165, 1.54) is 36.4 Å². The highest BCUT2D eigenvalue weighted by Gasteiger charge is 2.09. The van der Waals surface area contributed by atoms with Crippen molar-refractivity contribution in [3.63, 3.8) is 0 Å². The van der Waals surface area contributed by atoms with Crippen molar-refractivity contribution in [1.82, 2.24) is 0 Å². The van der Waals surface area contributed by atoms with Gasteiger partial charge in [-0.25, -0.2) is 19.2 Å². The summed E-state index contributed by atoms with van der Waals surface area (Å²) < 4.78 is 5.12. The summed E-state index contributed by atoms with van der Waals surface area (Å²) in [5, 5.41) is 43.4. The third-order valence-electron chi connectivity index (χ3n) is 4.91. The van der Waals surface area contributed by atoms with Gasteiger partial charge >= 0.3 is 23.9 Å². The van der Waals surface area contributed by atoms with Crippen molar-refractivity contribution < 1.29 is 49.4 Å². The number of hydrogen-bond donors (Lipinski definition) is 7. The zero-order chi connectivity index (χ0) is 32.5. The minimum Gasteiger partial charge on any atom is -0.507 e. The van der Waals surface area contributed by atoms with Crippen molar-refractivity contribution in [1.29, 1.82) is 0 Å². The van der Waals surface area contributed by atoms with Crippen LogP contribution in [0, 0.1) is 0 Å². The summed E-state index contributed by atoms with van der Waals surface area (Å²) in [7, 11) is 0. The van der Waals surface area contributed by atoms with Gasteiger partial charge in [0.2, 0.25) is 0 Å². The van der Waals surface area contributed by atoms with E-state index in [9.17, 15) is 19.2 Å². The molecule has 0 aliphatic heterocycles. The van der Waals surface area contributed by atoms with Crippen LogP contribution < -0.4 is 10.5 Å². The molecule has 0 saturated heterocycles. The van der Waals surface area contributed by atoms with Gasteiger partial charge in [0.15, 0.2) is 0 Å². The van der Waals surface area contributed by atoms with Crippen molar-refractivity contribution in [3.05, 3.63) is 118 Å². The molecule has 0 bridgehead atoms. The third-order valence-corrected chi connectivity index (χ3v) is 5.63. The first-order valence-corrected chi connectivity index (χ1v) is 12.9. The number of aromatic hydroxyl groups is 1. The number of aromatic carboxylic acids is 4. The van der Waals surface area contributed by atoms with Crippen molar-refractivity contribution in [2.75, 3.05) is 12.3 Å². The predicted molar refractivity (Wildman–Crippen MR) is 163 cm³/mol. The number of carboxylic acid groups (broad SMARTS) is 4. The van der Waals surface area contributed by atoms with Crippen LogP contribution in [-0.4, -0.2) is 56.0 Å². The summed E-state index contributed by atoms with van der Waals surface area (Å²) in [4.78, 5) is 42.2. The number of benzene rings is 4. The van der Waals surface area contributed by atoms with Gasteiger partial charge in [-0.2, -0.15) is 0 Å². The summed E-state index contributed by atoms with van der Waals surface area (Å²) in [6.07, 6.45) is 0. The van der Waals surface area contributed by atoms with Gasteiger partial charge in [0.1, 0.15) is 22.6 Å². The molecule has 4 rings (SSSR count). The molecule has 0 atom stereocenters. The smallest absolute Gasteiger partial charge is 0.339 e. The molecule has 7 N–H and O–H groups in total. The molecule has 0 aliphatic carbocycles. The quantitative estimate of drug-likeness (QED) is 0.0729. The SMILES string of the molecule is CCOc1ccccc1C(=O)O.Nc1ccc(O)c(C(=O)O)c1.O=C(O)c1ccccc1Cl.O=C(O)c1ccccc1S. The Bertz CT molecular complexity index is 1510. The lowest BCUT2D eigenvalue weighted by atomic mass is 10.2. The summed E-state index contributed by atoms with van der Waals surface area (Å²) in [6.45, 7) is 2.29. The third kappa shape index (κ3) is 12.5. The number of nitrogen functional groups attached to an aromatic ring is 1. The number of carbonyl (C=O) groups is 4. The second-order valence-corrected chi connectivity index (χ2v) is 8.81. The Kier molecular flexibility index (Phi) is 15.2. The molecular weight excluding hydrogens is 602 g/mol. The molecule has 43 heavy (non-hydrogen) atoms. The van der Waals surface area contributed by atoms with Crippen LogP contribution in [0.4, 0.5) is 5.69 Å². The molecule has 4 aromatic carbocycles. The predicted octanol–water partition coefficient (Wildman–Crippen LogP) is 6.17.